The molecule has 176 valence electrons. The van der Waals surface area contributed by atoms with Crippen molar-refractivity contribution in [3.8, 4) is 22.8 Å². The number of ether oxygens (including phenoxy) is 1. The third kappa shape index (κ3) is 4.85. The lowest BCUT2D eigenvalue weighted by Gasteiger charge is -2.11. The average molecular weight is 513 g/mol. The first kappa shape index (κ1) is 23.3. The summed E-state index contributed by atoms with van der Waals surface area (Å²) >= 11 is 12.1. The molecule has 0 atom stereocenters. The molecule has 4 aromatic carbocycles. The number of halogens is 5. The molecule has 0 saturated carbocycles. The van der Waals surface area contributed by atoms with Crippen molar-refractivity contribution in [2.45, 2.75) is 12.7 Å². The Morgan fingerprint density at radius 3 is 2.26 bits per heavy atom. The van der Waals surface area contributed by atoms with Crippen LogP contribution in [-0.4, -0.2) is 9.78 Å². The molecule has 0 amide bonds. The van der Waals surface area contributed by atoms with Crippen LogP contribution in [0.3, 0.4) is 0 Å². The van der Waals surface area contributed by atoms with Crippen LogP contribution in [0.1, 0.15) is 11.1 Å². The van der Waals surface area contributed by atoms with Gasteiger partial charge in [-0.05, 0) is 54.1 Å². The second-order valence-corrected chi connectivity index (χ2v) is 8.74. The number of aromatic nitrogens is 2. The first-order chi connectivity index (χ1) is 16.8. The fraction of sp³-hybridized carbons (Fsp3) is 0.0741. The fourth-order valence-corrected chi connectivity index (χ4v) is 4.37. The number of benzene rings is 4. The molecule has 1 heterocycles. The molecule has 1 aromatic heterocycles. The van der Waals surface area contributed by atoms with E-state index in [1.54, 1.807) is 53.2 Å². The van der Waals surface area contributed by atoms with Crippen LogP contribution in [0.15, 0.2) is 91.0 Å². The highest BCUT2D eigenvalue weighted by atomic mass is 35.5. The van der Waals surface area contributed by atoms with Gasteiger partial charge in [0, 0.05) is 16.0 Å². The van der Waals surface area contributed by atoms with E-state index in [2.05, 4.69) is 5.10 Å². The third-order valence-electron chi connectivity index (χ3n) is 5.50. The van der Waals surface area contributed by atoms with E-state index in [1.807, 2.05) is 30.3 Å². The first-order valence-corrected chi connectivity index (χ1v) is 11.4. The van der Waals surface area contributed by atoms with Crippen molar-refractivity contribution in [3.05, 3.63) is 112 Å². The van der Waals surface area contributed by atoms with Gasteiger partial charge in [0.15, 0.2) is 0 Å². The van der Waals surface area contributed by atoms with Gasteiger partial charge < -0.3 is 4.74 Å². The Morgan fingerprint density at radius 1 is 0.829 bits per heavy atom. The maximum absolute atomic E-state index is 13.7. The van der Waals surface area contributed by atoms with E-state index in [-0.39, 0.29) is 5.52 Å². The minimum atomic E-state index is -4.52. The number of rotatable bonds is 5. The molecule has 0 fully saturated rings. The van der Waals surface area contributed by atoms with E-state index in [4.69, 9.17) is 27.9 Å². The van der Waals surface area contributed by atoms with E-state index >= 15 is 0 Å². The summed E-state index contributed by atoms with van der Waals surface area (Å²) in [4.78, 5) is 0. The largest absolute Gasteiger partial charge is 0.456 e. The highest BCUT2D eigenvalue weighted by molar-refractivity contribution is 6.35. The summed E-state index contributed by atoms with van der Waals surface area (Å²) in [7, 11) is 0. The van der Waals surface area contributed by atoms with Gasteiger partial charge in [0.05, 0.1) is 22.8 Å². The molecule has 0 spiro atoms. The van der Waals surface area contributed by atoms with Crippen molar-refractivity contribution < 1.29 is 17.9 Å². The maximum atomic E-state index is 13.7. The van der Waals surface area contributed by atoms with Crippen molar-refractivity contribution >= 4 is 34.1 Å². The molecule has 0 aliphatic heterocycles. The molecule has 0 saturated heterocycles. The zero-order valence-corrected chi connectivity index (χ0v) is 19.6. The maximum Gasteiger partial charge on any atom is 0.418 e. The van der Waals surface area contributed by atoms with Gasteiger partial charge in [-0.3, -0.25) is 4.68 Å². The summed E-state index contributed by atoms with van der Waals surface area (Å²) in [5.74, 6) is 0.964. The summed E-state index contributed by atoms with van der Waals surface area (Å²) in [6.45, 7) is 0.320. The number of hydrogen-bond acceptors (Lipinski definition) is 2. The average Bonchev–Trinajstić information content (AvgIpc) is 3.19. The molecule has 0 radical (unpaired) electrons. The zero-order valence-electron chi connectivity index (χ0n) is 18.1. The second kappa shape index (κ2) is 9.29. The van der Waals surface area contributed by atoms with Crippen LogP contribution in [0.5, 0.6) is 11.5 Å². The Kier molecular flexibility index (Phi) is 6.17. The standard InChI is InChI=1S/C27H17Cl2F3N2O/c28-19-11-14-24(23(29)15-19)35-20-12-9-18(10-13-20)26-21-7-4-8-22(27(30,31)32)25(21)33-34(26)16-17-5-2-1-3-6-17/h1-15H,16H2. The highest BCUT2D eigenvalue weighted by Gasteiger charge is 2.34. The monoisotopic (exact) mass is 512 g/mol. The predicted octanol–water partition coefficient (Wildman–Crippen LogP) is 8.87. The van der Waals surface area contributed by atoms with Gasteiger partial charge in [-0.15, -0.1) is 0 Å². The minimum absolute atomic E-state index is 0.0841. The van der Waals surface area contributed by atoms with Crippen LogP contribution in [-0.2, 0) is 12.7 Å². The van der Waals surface area contributed by atoms with Crippen LogP contribution in [0, 0.1) is 0 Å². The van der Waals surface area contributed by atoms with Crippen molar-refractivity contribution in [1.29, 1.82) is 0 Å². The van der Waals surface area contributed by atoms with Crippen LogP contribution in [0.2, 0.25) is 10.0 Å². The van der Waals surface area contributed by atoms with E-state index in [1.165, 1.54) is 6.07 Å². The number of nitrogens with zero attached hydrogens (tertiary/aromatic N) is 2. The van der Waals surface area contributed by atoms with Gasteiger partial charge in [0.2, 0.25) is 0 Å². The third-order valence-corrected chi connectivity index (χ3v) is 6.03. The Labute approximate surface area is 209 Å². The highest BCUT2D eigenvalue weighted by Crippen LogP contribution is 2.39. The van der Waals surface area contributed by atoms with Crippen LogP contribution in [0.25, 0.3) is 22.2 Å². The summed E-state index contributed by atoms with van der Waals surface area (Å²) in [6, 6.07) is 25.6. The molecule has 0 unspecified atom stereocenters. The topological polar surface area (TPSA) is 27.1 Å². The SMILES string of the molecule is FC(F)(F)c1cccc2c(-c3ccc(Oc4ccc(Cl)cc4Cl)cc3)n(Cc3ccccc3)nc12. The Bertz CT molecular complexity index is 1500. The van der Waals surface area contributed by atoms with E-state index in [9.17, 15) is 13.2 Å². The lowest BCUT2D eigenvalue weighted by atomic mass is 10.0. The summed E-state index contributed by atoms with van der Waals surface area (Å²) in [5, 5.41) is 5.68. The Morgan fingerprint density at radius 2 is 1.57 bits per heavy atom. The number of hydrogen-bond donors (Lipinski definition) is 0. The van der Waals surface area contributed by atoms with E-state index < -0.39 is 11.7 Å². The molecule has 8 heteroatoms. The summed E-state index contributed by atoms with van der Waals surface area (Å²) < 4.78 is 48.6. The minimum Gasteiger partial charge on any atom is -0.456 e. The fourth-order valence-electron chi connectivity index (χ4n) is 3.92. The van der Waals surface area contributed by atoms with Crippen LogP contribution < -0.4 is 4.74 Å². The number of alkyl halides is 3. The molecule has 0 bridgehead atoms. The van der Waals surface area contributed by atoms with Crippen molar-refractivity contribution in [1.82, 2.24) is 9.78 Å². The predicted molar refractivity (Wildman–Crippen MR) is 132 cm³/mol. The second-order valence-electron chi connectivity index (χ2n) is 7.89. The lowest BCUT2D eigenvalue weighted by Crippen LogP contribution is -2.06. The van der Waals surface area contributed by atoms with Crippen LogP contribution >= 0.6 is 23.2 Å². The molecule has 5 rings (SSSR count). The summed E-state index contributed by atoms with van der Waals surface area (Å²) in [6.07, 6.45) is -4.52. The van der Waals surface area contributed by atoms with Gasteiger partial charge in [-0.2, -0.15) is 18.3 Å². The molecule has 3 nitrogen and oxygen atoms in total. The van der Waals surface area contributed by atoms with Crippen molar-refractivity contribution in [3.63, 3.8) is 0 Å². The molecular weight excluding hydrogens is 496 g/mol. The van der Waals surface area contributed by atoms with Gasteiger partial charge in [0.1, 0.15) is 17.0 Å². The van der Waals surface area contributed by atoms with E-state index in [0.29, 0.717) is 44.7 Å². The van der Waals surface area contributed by atoms with Crippen LogP contribution in [0.4, 0.5) is 13.2 Å². The molecule has 0 aliphatic carbocycles. The lowest BCUT2D eigenvalue weighted by molar-refractivity contribution is -0.136. The number of fused-ring (bicyclic) bond motifs is 1. The van der Waals surface area contributed by atoms with E-state index in [0.717, 1.165) is 11.6 Å². The summed E-state index contributed by atoms with van der Waals surface area (Å²) in [5.41, 5.74) is 1.37. The molecular formula is C27H17Cl2F3N2O. The molecule has 5 aromatic rings. The molecule has 0 aliphatic rings. The van der Waals surface area contributed by atoms with Crippen molar-refractivity contribution in [2.75, 3.05) is 0 Å². The van der Waals surface area contributed by atoms with Gasteiger partial charge in [-0.25, -0.2) is 0 Å². The first-order valence-electron chi connectivity index (χ1n) is 10.6. The van der Waals surface area contributed by atoms with Crippen molar-refractivity contribution in [2.24, 2.45) is 0 Å². The quantitative estimate of drug-likeness (QED) is 0.235. The molecule has 0 N–H and O–H groups in total. The smallest absolute Gasteiger partial charge is 0.418 e. The Balaban J connectivity index is 1.58. The van der Waals surface area contributed by atoms with Gasteiger partial charge in [0.25, 0.3) is 0 Å². The molecule has 35 heavy (non-hydrogen) atoms. The normalized spacial score (nSPS) is 11.7. The van der Waals surface area contributed by atoms with Gasteiger partial charge >= 0.3 is 6.18 Å². The zero-order chi connectivity index (χ0) is 24.6. The Hall–Kier alpha value is -3.48. The van der Waals surface area contributed by atoms with Gasteiger partial charge in [-0.1, -0.05) is 65.7 Å².